The van der Waals surface area contributed by atoms with Crippen molar-refractivity contribution in [3.63, 3.8) is 0 Å². The fourth-order valence-electron chi connectivity index (χ4n) is 3.82. The van der Waals surface area contributed by atoms with Gasteiger partial charge in [0, 0.05) is 51.3 Å². The number of likely N-dealkylation sites (tertiary alicyclic amines) is 2. The summed E-state index contributed by atoms with van der Waals surface area (Å²) in [7, 11) is 0. The lowest BCUT2D eigenvalue weighted by Gasteiger charge is -2.37. The summed E-state index contributed by atoms with van der Waals surface area (Å²) in [6.07, 6.45) is 7.02. The van der Waals surface area contributed by atoms with Gasteiger partial charge in [0.1, 0.15) is 5.82 Å². The SMILES string of the molecule is CC(=O)N1CCCCC1CC(=O)N1CCC(Nc2cccnn2)CC1. The Labute approximate surface area is 148 Å². The molecule has 136 valence electrons. The Balaban J connectivity index is 1.47. The molecule has 1 N–H and O–H groups in total. The molecule has 2 aliphatic rings. The van der Waals surface area contributed by atoms with Gasteiger partial charge in [-0.15, -0.1) is 5.10 Å². The highest BCUT2D eigenvalue weighted by Crippen LogP contribution is 2.22. The van der Waals surface area contributed by atoms with E-state index in [1.165, 1.54) is 0 Å². The maximum absolute atomic E-state index is 12.6. The van der Waals surface area contributed by atoms with Gasteiger partial charge in [-0.3, -0.25) is 9.59 Å². The lowest BCUT2D eigenvalue weighted by molar-refractivity contribution is -0.137. The molecule has 1 aromatic heterocycles. The van der Waals surface area contributed by atoms with Gasteiger partial charge in [0.2, 0.25) is 11.8 Å². The van der Waals surface area contributed by atoms with Crippen molar-refractivity contribution in [2.75, 3.05) is 25.0 Å². The van der Waals surface area contributed by atoms with E-state index in [0.29, 0.717) is 12.5 Å². The number of carbonyl (C=O) groups is 2. The van der Waals surface area contributed by atoms with E-state index in [2.05, 4.69) is 15.5 Å². The third-order valence-electron chi connectivity index (χ3n) is 5.21. The first-order valence-electron chi connectivity index (χ1n) is 9.22. The number of carbonyl (C=O) groups excluding carboxylic acids is 2. The van der Waals surface area contributed by atoms with Crippen LogP contribution in [-0.4, -0.2) is 63.5 Å². The molecule has 1 aromatic rings. The van der Waals surface area contributed by atoms with Crippen molar-refractivity contribution >= 4 is 17.6 Å². The quantitative estimate of drug-likeness (QED) is 0.898. The number of amides is 2. The molecule has 2 aliphatic heterocycles. The van der Waals surface area contributed by atoms with Crippen LogP contribution in [-0.2, 0) is 9.59 Å². The summed E-state index contributed by atoms with van der Waals surface area (Å²) in [6.45, 7) is 3.90. The van der Waals surface area contributed by atoms with Crippen molar-refractivity contribution in [3.8, 4) is 0 Å². The Morgan fingerprint density at radius 2 is 2.00 bits per heavy atom. The fraction of sp³-hybridized carbons (Fsp3) is 0.667. The van der Waals surface area contributed by atoms with Crippen molar-refractivity contribution in [1.82, 2.24) is 20.0 Å². The van der Waals surface area contributed by atoms with E-state index in [0.717, 1.165) is 57.6 Å². The van der Waals surface area contributed by atoms with Crippen LogP contribution < -0.4 is 5.32 Å². The molecule has 0 bridgehead atoms. The molecular formula is C18H27N5O2. The molecule has 3 heterocycles. The van der Waals surface area contributed by atoms with Gasteiger partial charge in [0.05, 0.1) is 0 Å². The standard InChI is InChI=1S/C18H27N5O2/c1-14(24)23-10-3-2-5-16(23)13-18(25)22-11-7-15(8-12-22)20-17-6-4-9-19-21-17/h4,6,9,15-16H,2-3,5,7-8,10-13H2,1H3,(H,20,21). The molecule has 7 nitrogen and oxygen atoms in total. The summed E-state index contributed by atoms with van der Waals surface area (Å²) in [6, 6.07) is 4.17. The first-order valence-corrected chi connectivity index (χ1v) is 9.22. The number of hydrogen-bond donors (Lipinski definition) is 1. The van der Waals surface area contributed by atoms with Crippen molar-refractivity contribution in [2.45, 2.75) is 57.5 Å². The zero-order chi connectivity index (χ0) is 17.6. The number of hydrogen-bond acceptors (Lipinski definition) is 5. The number of aromatic nitrogens is 2. The largest absolute Gasteiger partial charge is 0.366 e. The third-order valence-corrected chi connectivity index (χ3v) is 5.21. The minimum atomic E-state index is 0.0780. The van der Waals surface area contributed by atoms with E-state index in [1.54, 1.807) is 13.1 Å². The first kappa shape index (κ1) is 17.6. The molecule has 0 aliphatic carbocycles. The minimum absolute atomic E-state index is 0.0780. The Bertz CT molecular complexity index is 586. The summed E-state index contributed by atoms with van der Waals surface area (Å²) >= 11 is 0. The summed E-state index contributed by atoms with van der Waals surface area (Å²) in [5, 5.41) is 11.3. The number of rotatable bonds is 4. The van der Waals surface area contributed by atoms with Crippen LogP contribution in [0.25, 0.3) is 0 Å². The maximum Gasteiger partial charge on any atom is 0.224 e. The normalized spacial score (nSPS) is 21.9. The lowest BCUT2D eigenvalue weighted by Crippen LogP contribution is -2.48. The summed E-state index contributed by atoms with van der Waals surface area (Å²) < 4.78 is 0. The molecule has 2 amide bonds. The predicted octanol–water partition coefficient (Wildman–Crippen LogP) is 1.67. The molecule has 2 saturated heterocycles. The number of nitrogens with one attached hydrogen (secondary N) is 1. The van der Waals surface area contributed by atoms with Gasteiger partial charge in [-0.1, -0.05) is 0 Å². The minimum Gasteiger partial charge on any atom is -0.366 e. The second-order valence-electron chi connectivity index (χ2n) is 6.97. The van der Waals surface area contributed by atoms with E-state index >= 15 is 0 Å². The number of nitrogens with zero attached hydrogens (tertiary/aromatic N) is 4. The van der Waals surface area contributed by atoms with Gasteiger partial charge in [-0.2, -0.15) is 5.10 Å². The van der Waals surface area contributed by atoms with Gasteiger partial charge in [-0.05, 0) is 44.2 Å². The molecule has 0 radical (unpaired) electrons. The maximum atomic E-state index is 12.6. The van der Waals surface area contributed by atoms with Crippen LogP contribution in [0.1, 0.15) is 45.4 Å². The molecular weight excluding hydrogens is 318 g/mol. The third kappa shape index (κ3) is 4.67. The lowest BCUT2D eigenvalue weighted by atomic mass is 9.97. The van der Waals surface area contributed by atoms with Crippen molar-refractivity contribution in [3.05, 3.63) is 18.3 Å². The van der Waals surface area contributed by atoms with Crippen molar-refractivity contribution < 1.29 is 9.59 Å². The van der Waals surface area contributed by atoms with Crippen molar-refractivity contribution in [2.24, 2.45) is 0 Å². The van der Waals surface area contributed by atoms with Crippen LogP contribution in [0, 0.1) is 0 Å². The van der Waals surface area contributed by atoms with Crippen LogP contribution in [0.15, 0.2) is 18.3 Å². The van der Waals surface area contributed by atoms with Gasteiger partial charge in [0.15, 0.2) is 0 Å². The van der Waals surface area contributed by atoms with E-state index in [1.807, 2.05) is 21.9 Å². The molecule has 1 atom stereocenters. The monoisotopic (exact) mass is 345 g/mol. The van der Waals surface area contributed by atoms with Gasteiger partial charge >= 0.3 is 0 Å². The van der Waals surface area contributed by atoms with Gasteiger partial charge in [-0.25, -0.2) is 0 Å². The van der Waals surface area contributed by atoms with Crippen molar-refractivity contribution in [1.29, 1.82) is 0 Å². The smallest absolute Gasteiger partial charge is 0.224 e. The first-order chi connectivity index (χ1) is 12.1. The number of piperidine rings is 2. The predicted molar refractivity (Wildman–Crippen MR) is 94.9 cm³/mol. The van der Waals surface area contributed by atoms with Gasteiger partial charge < -0.3 is 15.1 Å². The zero-order valence-corrected chi connectivity index (χ0v) is 14.9. The molecule has 1 unspecified atom stereocenters. The fourth-order valence-corrected chi connectivity index (χ4v) is 3.82. The topological polar surface area (TPSA) is 78.4 Å². The Morgan fingerprint density at radius 3 is 2.68 bits per heavy atom. The second-order valence-corrected chi connectivity index (χ2v) is 6.97. The highest BCUT2D eigenvalue weighted by Gasteiger charge is 2.29. The van der Waals surface area contributed by atoms with E-state index in [9.17, 15) is 9.59 Å². The van der Waals surface area contributed by atoms with Gasteiger partial charge in [0.25, 0.3) is 0 Å². The van der Waals surface area contributed by atoms with E-state index in [-0.39, 0.29) is 17.9 Å². The molecule has 0 aromatic carbocycles. The molecule has 0 saturated carbocycles. The Morgan fingerprint density at radius 1 is 1.20 bits per heavy atom. The van der Waals surface area contributed by atoms with E-state index in [4.69, 9.17) is 0 Å². The average molecular weight is 345 g/mol. The average Bonchev–Trinajstić information content (AvgIpc) is 2.63. The molecule has 2 fully saturated rings. The van der Waals surface area contributed by atoms with Crippen LogP contribution in [0.3, 0.4) is 0 Å². The second kappa shape index (κ2) is 8.27. The Kier molecular flexibility index (Phi) is 5.83. The van der Waals surface area contributed by atoms with Crippen LogP contribution >= 0.6 is 0 Å². The molecule has 0 spiro atoms. The summed E-state index contributed by atoms with van der Waals surface area (Å²) in [5.74, 6) is 1.05. The highest BCUT2D eigenvalue weighted by atomic mass is 16.2. The van der Waals surface area contributed by atoms with Crippen LogP contribution in [0.2, 0.25) is 0 Å². The molecule has 3 rings (SSSR count). The molecule has 7 heteroatoms. The van der Waals surface area contributed by atoms with E-state index < -0.39 is 0 Å². The van der Waals surface area contributed by atoms with Crippen LogP contribution in [0.4, 0.5) is 5.82 Å². The summed E-state index contributed by atoms with van der Waals surface area (Å²) in [5.41, 5.74) is 0. The van der Waals surface area contributed by atoms with Crippen LogP contribution in [0.5, 0.6) is 0 Å². The number of anilines is 1. The highest BCUT2D eigenvalue weighted by molar-refractivity contribution is 5.79. The Hall–Kier alpha value is -2.18. The zero-order valence-electron chi connectivity index (χ0n) is 14.9. The summed E-state index contributed by atoms with van der Waals surface area (Å²) in [4.78, 5) is 28.2. The molecule has 25 heavy (non-hydrogen) atoms.